The predicted octanol–water partition coefficient (Wildman–Crippen LogP) is 2.27. The van der Waals surface area contributed by atoms with Crippen LogP contribution in [-0.4, -0.2) is 18.5 Å². The smallest absolute Gasteiger partial charge is 0.237 e. The molecule has 1 atom stereocenters. The van der Waals surface area contributed by atoms with E-state index in [4.69, 9.17) is 0 Å². The highest BCUT2D eigenvalue weighted by atomic mass is 79.9. The van der Waals surface area contributed by atoms with Gasteiger partial charge in [0.05, 0.1) is 12.6 Å². The Labute approximate surface area is 108 Å². The van der Waals surface area contributed by atoms with Crippen LogP contribution in [0.5, 0.6) is 0 Å². The van der Waals surface area contributed by atoms with Crippen LogP contribution >= 0.6 is 27.3 Å². The molecule has 0 aromatic carbocycles. The molecule has 1 unspecified atom stereocenters. The summed E-state index contributed by atoms with van der Waals surface area (Å²) in [5, 5.41) is 8.24. The third-order valence-corrected chi connectivity index (χ3v) is 4.38. The molecule has 5 heteroatoms. The van der Waals surface area contributed by atoms with Crippen molar-refractivity contribution in [3.05, 3.63) is 20.8 Å². The second kappa shape index (κ2) is 5.80. The first-order valence-corrected chi connectivity index (χ1v) is 7.17. The summed E-state index contributed by atoms with van der Waals surface area (Å²) in [7, 11) is 0. The maximum Gasteiger partial charge on any atom is 0.237 e. The number of halogens is 1. The van der Waals surface area contributed by atoms with Crippen LogP contribution in [-0.2, 0) is 11.3 Å². The van der Waals surface area contributed by atoms with E-state index in [1.165, 1.54) is 11.3 Å². The predicted molar refractivity (Wildman–Crippen MR) is 69.5 cm³/mol. The molecule has 3 nitrogen and oxygen atoms in total. The number of carbonyl (C=O) groups excluding carboxylic acids is 1. The molecule has 16 heavy (non-hydrogen) atoms. The average Bonchev–Trinajstić information content (AvgIpc) is 2.73. The van der Waals surface area contributed by atoms with Crippen LogP contribution in [0.2, 0.25) is 0 Å². The number of carbonyl (C=O) groups is 1. The Morgan fingerprint density at radius 1 is 1.62 bits per heavy atom. The van der Waals surface area contributed by atoms with Crippen LogP contribution in [0.25, 0.3) is 0 Å². The quantitative estimate of drug-likeness (QED) is 0.899. The minimum Gasteiger partial charge on any atom is -0.350 e. The van der Waals surface area contributed by atoms with Gasteiger partial charge in [0.2, 0.25) is 5.91 Å². The first kappa shape index (κ1) is 12.1. The molecule has 0 radical (unpaired) electrons. The topological polar surface area (TPSA) is 41.1 Å². The summed E-state index contributed by atoms with van der Waals surface area (Å²) in [6, 6.07) is 2.05. The van der Waals surface area contributed by atoms with Crippen LogP contribution < -0.4 is 10.6 Å². The minimum atomic E-state index is 0.0113. The van der Waals surface area contributed by atoms with Gasteiger partial charge in [0.15, 0.2) is 0 Å². The van der Waals surface area contributed by atoms with Gasteiger partial charge in [0, 0.05) is 14.7 Å². The van der Waals surface area contributed by atoms with Gasteiger partial charge < -0.3 is 10.6 Å². The lowest BCUT2D eigenvalue weighted by Crippen LogP contribution is -2.46. The molecule has 0 saturated carbocycles. The molecule has 0 spiro atoms. The molecule has 1 aliphatic rings. The van der Waals surface area contributed by atoms with Crippen molar-refractivity contribution < 1.29 is 4.79 Å². The highest BCUT2D eigenvalue weighted by Gasteiger charge is 2.19. The first-order valence-electron chi connectivity index (χ1n) is 5.50. The van der Waals surface area contributed by atoms with Crippen molar-refractivity contribution in [2.45, 2.75) is 31.8 Å². The van der Waals surface area contributed by atoms with Crippen LogP contribution in [0.15, 0.2) is 15.9 Å². The Balaban J connectivity index is 1.78. The molecule has 2 heterocycles. The number of piperidine rings is 1. The van der Waals surface area contributed by atoms with Gasteiger partial charge in [-0.15, -0.1) is 11.3 Å². The van der Waals surface area contributed by atoms with Gasteiger partial charge in [0.1, 0.15) is 0 Å². The number of thiophene rings is 1. The lowest BCUT2D eigenvalue weighted by molar-refractivity contribution is -0.123. The summed E-state index contributed by atoms with van der Waals surface area (Å²) in [5.41, 5.74) is 0. The highest BCUT2D eigenvalue weighted by Crippen LogP contribution is 2.19. The third-order valence-electron chi connectivity index (χ3n) is 2.69. The van der Waals surface area contributed by atoms with E-state index in [0.29, 0.717) is 6.54 Å². The zero-order chi connectivity index (χ0) is 11.4. The van der Waals surface area contributed by atoms with E-state index in [2.05, 4.69) is 26.6 Å². The van der Waals surface area contributed by atoms with Crippen LogP contribution in [0.3, 0.4) is 0 Å². The van der Waals surface area contributed by atoms with Crippen molar-refractivity contribution in [3.63, 3.8) is 0 Å². The Morgan fingerprint density at radius 3 is 3.12 bits per heavy atom. The van der Waals surface area contributed by atoms with E-state index >= 15 is 0 Å². The summed E-state index contributed by atoms with van der Waals surface area (Å²) in [5.74, 6) is 0.129. The number of hydrogen-bond donors (Lipinski definition) is 2. The van der Waals surface area contributed by atoms with Gasteiger partial charge in [-0.3, -0.25) is 4.79 Å². The molecule has 1 aromatic heterocycles. The van der Waals surface area contributed by atoms with Gasteiger partial charge >= 0.3 is 0 Å². The molecule has 88 valence electrons. The molecule has 1 saturated heterocycles. The van der Waals surface area contributed by atoms with Crippen molar-refractivity contribution in [3.8, 4) is 0 Å². The molecular weight excluding hydrogens is 288 g/mol. The van der Waals surface area contributed by atoms with Crippen molar-refractivity contribution in [2.75, 3.05) is 6.54 Å². The number of nitrogens with one attached hydrogen (secondary N) is 2. The summed E-state index contributed by atoms with van der Waals surface area (Å²) < 4.78 is 1.08. The molecule has 2 N–H and O–H groups in total. The molecule has 0 bridgehead atoms. The zero-order valence-corrected chi connectivity index (χ0v) is 11.4. The normalized spacial score (nSPS) is 20.7. The Kier molecular flexibility index (Phi) is 4.37. The van der Waals surface area contributed by atoms with E-state index in [0.717, 1.165) is 23.9 Å². The fraction of sp³-hybridized carbons (Fsp3) is 0.545. The largest absolute Gasteiger partial charge is 0.350 e. The summed E-state index contributed by atoms with van der Waals surface area (Å²) in [6.45, 7) is 1.59. The standard InChI is InChI=1S/C11H15BrN2OS/c12-8-5-9(16-7-8)6-14-11(15)10-3-1-2-4-13-10/h5,7,10,13H,1-4,6H2,(H,14,15). The summed E-state index contributed by atoms with van der Waals surface area (Å²) in [6.07, 6.45) is 3.29. The van der Waals surface area contributed by atoms with Crippen molar-refractivity contribution in [2.24, 2.45) is 0 Å². The van der Waals surface area contributed by atoms with Gasteiger partial charge in [0.25, 0.3) is 0 Å². The maximum atomic E-state index is 11.8. The number of rotatable bonds is 3. The molecular formula is C11H15BrN2OS. The number of hydrogen-bond acceptors (Lipinski definition) is 3. The molecule has 0 aliphatic carbocycles. The van der Waals surface area contributed by atoms with E-state index < -0.39 is 0 Å². The van der Waals surface area contributed by atoms with Crippen LogP contribution in [0.1, 0.15) is 24.1 Å². The molecule has 1 fully saturated rings. The van der Waals surface area contributed by atoms with Crippen molar-refractivity contribution in [1.29, 1.82) is 0 Å². The molecule has 1 aliphatic heterocycles. The SMILES string of the molecule is O=C(NCc1cc(Br)cs1)C1CCCCN1. The highest BCUT2D eigenvalue weighted by molar-refractivity contribution is 9.10. The second-order valence-corrected chi connectivity index (χ2v) is 5.86. The van der Waals surface area contributed by atoms with E-state index in [9.17, 15) is 4.79 Å². The van der Waals surface area contributed by atoms with E-state index in [1.807, 2.05) is 11.4 Å². The zero-order valence-electron chi connectivity index (χ0n) is 8.96. The van der Waals surface area contributed by atoms with Gasteiger partial charge in [-0.2, -0.15) is 0 Å². The van der Waals surface area contributed by atoms with Crippen molar-refractivity contribution in [1.82, 2.24) is 10.6 Å². The second-order valence-electron chi connectivity index (χ2n) is 3.95. The number of amides is 1. The van der Waals surface area contributed by atoms with Crippen LogP contribution in [0.4, 0.5) is 0 Å². The van der Waals surface area contributed by atoms with Gasteiger partial charge in [-0.25, -0.2) is 0 Å². The van der Waals surface area contributed by atoms with Gasteiger partial charge in [-0.05, 0) is 41.4 Å². The molecule has 1 aromatic rings. The molecule has 2 rings (SSSR count). The summed E-state index contributed by atoms with van der Waals surface area (Å²) in [4.78, 5) is 13.0. The third kappa shape index (κ3) is 3.30. The van der Waals surface area contributed by atoms with E-state index in [-0.39, 0.29) is 11.9 Å². The maximum absolute atomic E-state index is 11.8. The lowest BCUT2D eigenvalue weighted by Gasteiger charge is -2.22. The van der Waals surface area contributed by atoms with Gasteiger partial charge in [-0.1, -0.05) is 6.42 Å². The molecule has 1 amide bonds. The minimum absolute atomic E-state index is 0.0113. The Bertz CT molecular complexity index is 361. The Hall–Kier alpha value is -0.390. The summed E-state index contributed by atoms with van der Waals surface area (Å²) >= 11 is 5.06. The van der Waals surface area contributed by atoms with E-state index in [1.54, 1.807) is 11.3 Å². The first-order chi connectivity index (χ1) is 7.75. The lowest BCUT2D eigenvalue weighted by atomic mass is 10.0. The van der Waals surface area contributed by atoms with Crippen molar-refractivity contribution >= 4 is 33.2 Å². The fourth-order valence-corrected chi connectivity index (χ4v) is 3.21. The fourth-order valence-electron chi connectivity index (χ4n) is 1.82. The Morgan fingerprint density at radius 2 is 2.50 bits per heavy atom. The average molecular weight is 303 g/mol. The monoisotopic (exact) mass is 302 g/mol. The van der Waals surface area contributed by atoms with Crippen LogP contribution in [0, 0.1) is 0 Å².